The van der Waals surface area contributed by atoms with Gasteiger partial charge in [0.25, 0.3) is 0 Å². The maximum absolute atomic E-state index is 12.2. The van der Waals surface area contributed by atoms with Crippen molar-refractivity contribution >= 4 is 11.9 Å². The van der Waals surface area contributed by atoms with E-state index >= 15 is 0 Å². The Morgan fingerprint density at radius 3 is 1.81 bits per heavy atom. The van der Waals surface area contributed by atoms with E-state index in [0.717, 1.165) is 0 Å². The first-order valence-corrected chi connectivity index (χ1v) is 7.97. The molecule has 0 bridgehead atoms. The van der Waals surface area contributed by atoms with Crippen LogP contribution in [0.15, 0.2) is 0 Å². The summed E-state index contributed by atoms with van der Waals surface area (Å²) in [5.41, 5.74) is -0.236. The van der Waals surface area contributed by atoms with E-state index in [-0.39, 0.29) is 40.0 Å². The SMILES string of the molecule is CC(C)C(C)(C)C1C(=O)OC(=O)C1CC(C)(C)C(C)(C)C. The first-order chi connectivity index (χ1) is 9.22. The highest BCUT2D eigenvalue weighted by molar-refractivity contribution is 5.97. The summed E-state index contributed by atoms with van der Waals surface area (Å²) in [4.78, 5) is 24.5. The van der Waals surface area contributed by atoms with Crippen LogP contribution >= 0.6 is 0 Å². The van der Waals surface area contributed by atoms with Crippen molar-refractivity contribution in [2.24, 2.45) is 34.0 Å². The van der Waals surface area contributed by atoms with Gasteiger partial charge in [0.2, 0.25) is 0 Å². The molecule has 1 fully saturated rings. The van der Waals surface area contributed by atoms with Crippen molar-refractivity contribution in [3.63, 3.8) is 0 Å². The summed E-state index contributed by atoms with van der Waals surface area (Å²) in [6.45, 7) is 19.2. The van der Waals surface area contributed by atoms with Gasteiger partial charge >= 0.3 is 11.9 Å². The molecular formula is C18H32O3. The zero-order valence-electron chi connectivity index (χ0n) is 15.2. The van der Waals surface area contributed by atoms with Gasteiger partial charge in [-0.15, -0.1) is 0 Å². The molecule has 1 heterocycles. The molecule has 122 valence electrons. The number of hydrogen-bond donors (Lipinski definition) is 0. The average molecular weight is 296 g/mol. The van der Waals surface area contributed by atoms with Gasteiger partial charge in [0.15, 0.2) is 0 Å². The van der Waals surface area contributed by atoms with E-state index in [9.17, 15) is 9.59 Å². The number of hydrogen-bond acceptors (Lipinski definition) is 3. The fourth-order valence-corrected chi connectivity index (χ4v) is 2.78. The van der Waals surface area contributed by atoms with Gasteiger partial charge in [-0.2, -0.15) is 0 Å². The standard InChI is InChI=1S/C18H32O3/c1-11(2)18(8,9)13-12(14(19)21-15(13)20)10-17(6,7)16(3,4)5/h11-13H,10H2,1-9H3. The van der Waals surface area contributed by atoms with Gasteiger partial charge in [-0.25, -0.2) is 0 Å². The molecule has 21 heavy (non-hydrogen) atoms. The Morgan fingerprint density at radius 1 is 0.952 bits per heavy atom. The zero-order valence-corrected chi connectivity index (χ0v) is 15.2. The van der Waals surface area contributed by atoms with Gasteiger partial charge in [-0.3, -0.25) is 9.59 Å². The molecule has 0 amide bonds. The number of esters is 2. The summed E-state index contributed by atoms with van der Waals surface area (Å²) >= 11 is 0. The smallest absolute Gasteiger partial charge is 0.318 e. The van der Waals surface area contributed by atoms with Crippen LogP contribution in [0.25, 0.3) is 0 Å². The highest BCUT2D eigenvalue weighted by Gasteiger charge is 2.54. The van der Waals surface area contributed by atoms with Crippen molar-refractivity contribution in [1.29, 1.82) is 0 Å². The Labute approximate surface area is 129 Å². The Bertz CT molecular complexity index is 424. The summed E-state index contributed by atoms with van der Waals surface area (Å²) in [5, 5.41) is 0. The number of cyclic esters (lactones) is 2. The minimum absolute atomic E-state index is 0.0490. The molecule has 0 saturated carbocycles. The van der Waals surface area contributed by atoms with Crippen molar-refractivity contribution in [2.75, 3.05) is 0 Å². The normalized spacial score (nSPS) is 24.7. The number of carbonyl (C=O) groups is 2. The highest BCUT2D eigenvalue weighted by Crippen LogP contribution is 2.50. The van der Waals surface area contributed by atoms with Gasteiger partial charge in [-0.05, 0) is 28.6 Å². The molecule has 1 aliphatic rings. The Morgan fingerprint density at radius 2 is 1.43 bits per heavy atom. The third-order valence-corrected chi connectivity index (χ3v) is 6.21. The van der Waals surface area contributed by atoms with Gasteiger partial charge < -0.3 is 4.74 Å². The first-order valence-electron chi connectivity index (χ1n) is 7.97. The maximum Gasteiger partial charge on any atom is 0.318 e. The zero-order chi connectivity index (χ0) is 16.8. The highest BCUT2D eigenvalue weighted by atomic mass is 16.6. The monoisotopic (exact) mass is 296 g/mol. The van der Waals surface area contributed by atoms with Crippen LogP contribution in [0.4, 0.5) is 0 Å². The van der Waals surface area contributed by atoms with Crippen LogP contribution in [0, 0.1) is 34.0 Å². The molecule has 3 nitrogen and oxygen atoms in total. The van der Waals surface area contributed by atoms with E-state index in [4.69, 9.17) is 4.74 Å². The molecule has 1 aliphatic heterocycles. The molecule has 2 atom stereocenters. The second-order valence-electron chi connectivity index (χ2n) is 9.14. The predicted octanol–water partition coefficient (Wildman–Crippen LogP) is 4.45. The van der Waals surface area contributed by atoms with Gasteiger partial charge in [0.05, 0.1) is 11.8 Å². The van der Waals surface area contributed by atoms with E-state index in [2.05, 4.69) is 62.3 Å². The second kappa shape index (κ2) is 5.40. The van der Waals surface area contributed by atoms with Crippen LogP contribution in [0.1, 0.15) is 68.7 Å². The van der Waals surface area contributed by atoms with Crippen LogP contribution in [-0.4, -0.2) is 11.9 Å². The summed E-state index contributed by atoms with van der Waals surface area (Å²) < 4.78 is 5.00. The van der Waals surface area contributed by atoms with Gasteiger partial charge in [-0.1, -0.05) is 62.3 Å². The molecule has 0 spiro atoms. The molecule has 0 aromatic carbocycles. The molecule has 3 heteroatoms. The Kier molecular flexibility index (Phi) is 4.68. The van der Waals surface area contributed by atoms with Crippen molar-refractivity contribution in [2.45, 2.75) is 68.7 Å². The Hall–Kier alpha value is -0.860. The van der Waals surface area contributed by atoms with E-state index in [1.165, 1.54) is 0 Å². The third-order valence-electron chi connectivity index (χ3n) is 6.21. The fraction of sp³-hybridized carbons (Fsp3) is 0.889. The molecule has 0 aromatic rings. The molecule has 0 radical (unpaired) electrons. The van der Waals surface area contributed by atoms with Crippen molar-refractivity contribution in [3.05, 3.63) is 0 Å². The molecule has 1 rings (SSSR count). The van der Waals surface area contributed by atoms with E-state index < -0.39 is 0 Å². The molecular weight excluding hydrogens is 264 g/mol. The summed E-state index contributed by atoms with van der Waals surface area (Å²) in [5.74, 6) is -1.04. The van der Waals surface area contributed by atoms with Crippen LogP contribution < -0.4 is 0 Å². The predicted molar refractivity (Wildman–Crippen MR) is 84.6 cm³/mol. The van der Waals surface area contributed by atoms with E-state index in [0.29, 0.717) is 12.3 Å². The molecule has 0 aromatic heterocycles. The summed E-state index contributed by atoms with van der Waals surface area (Å²) in [7, 11) is 0. The van der Waals surface area contributed by atoms with E-state index in [1.54, 1.807) is 0 Å². The summed E-state index contributed by atoms with van der Waals surface area (Å²) in [6, 6.07) is 0. The van der Waals surface area contributed by atoms with Crippen molar-refractivity contribution in [1.82, 2.24) is 0 Å². The van der Waals surface area contributed by atoms with Crippen LogP contribution in [0.2, 0.25) is 0 Å². The maximum atomic E-state index is 12.2. The lowest BCUT2D eigenvalue weighted by Crippen LogP contribution is -2.41. The molecule has 1 saturated heterocycles. The van der Waals surface area contributed by atoms with Crippen LogP contribution in [-0.2, 0) is 14.3 Å². The minimum Gasteiger partial charge on any atom is -0.393 e. The van der Waals surface area contributed by atoms with Gasteiger partial charge in [0.1, 0.15) is 0 Å². The number of ether oxygens (including phenoxy) is 1. The number of carbonyl (C=O) groups excluding carboxylic acids is 2. The van der Waals surface area contributed by atoms with E-state index in [1.807, 2.05) is 0 Å². The van der Waals surface area contributed by atoms with Crippen molar-refractivity contribution in [3.8, 4) is 0 Å². The average Bonchev–Trinajstić information content (AvgIpc) is 2.51. The lowest BCUT2D eigenvalue weighted by Gasteiger charge is -2.43. The second-order valence-corrected chi connectivity index (χ2v) is 9.14. The Balaban J connectivity index is 3.14. The fourth-order valence-electron chi connectivity index (χ4n) is 2.78. The topological polar surface area (TPSA) is 43.4 Å². The lowest BCUT2D eigenvalue weighted by molar-refractivity contribution is -0.155. The van der Waals surface area contributed by atoms with Gasteiger partial charge in [0, 0.05) is 0 Å². The summed E-state index contributed by atoms with van der Waals surface area (Å²) in [6.07, 6.45) is 0.682. The van der Waals surface area contributed by atoms with Crippen molar-refractivity contribution < 1.29 is 14.3 Å². The molecule has 2 unspecified atom stereocenters. The van der Waals surface area contributed by atoms with Crippen LogP contribution in [0.3, 0.4) is 0 Å². The lowest BCUT2D eigenvalue weighted by atomic mass is 9.59. The van der Waals surface area contributed by atoms with Crippen LogP contribution in [0.5, 0.6) is 0 Å². The quantitative estimate of drug-likeness (QED) is 0.568. The minimum atomic E-state index is -0.341. The molecule has 0 aliphatic carbocycles. The number of rotatable bonds is 4. The third kappa shape index (κ3) is 3.32. The molecule has 0 N–H and O–H groups in total. The largest absolute Gasteiger partial charge is 0.393 e. The first kappa shape index (κ1) is 18.2.